The number of ketones is 2. The highest BCUT2D eigenvalue weighted by Crippen LogP contribution is 2.55. The van der Waals surface area contributed by atoms with E-state index in [0.717, 1.165) is 50.5 Å². The van der Waals surface area contributed by atoms with Crippen molar-refractivity contribution in [3.05, 3.63) is 115 Å². The third-order valence-corrected chi connectivity index (χ3v) is 21.4. The normalized spacial score (nSPS) is 28.4. The molecule has 10 atom stereocenters. The number of nitrogens with zero attached hydrogens (tertiary/aromatic N) is 5. The summed E-state index contributed by atoms with van der Waals surface area (Å²) in [6, 6.07) is 5.22. The number of aliphatic hydroxyl groups excluding tert-OH is 2. The summed E-state index contributed by atoms with van der Waals surface area (Å²) in [5, 5.41) is 49.6. The highest BCUT2D eigenvalue weighted by Gasteiger charge is 2.56. The molecule has 5 N–H and O–H groups in total. The van der Waals surface area contributed by atoms with E-state index in [1.807, 2.05) is 6.92 Å². The van der Waals surface area contributed by atoms with Gasteiger partial charge in [0.15, 0.2) is 22.9 Å². The van der Waals surface area contributed by atoms with Gasteiger partial charge >= 0.3 is 11.8 Å². The van der Waals surface area contributed by atoms with Gasteiger partial charge in [-0.1, -0.05) is 45.9 Å². The van der Waals surface area contributed by atoms with E-state index < -0.39 is 99.8 Å². The van der Waals surface area contributed by atoms with Gasteiger partial charge in [-0.05, 0) is 115 Å². The van der Waals surface area contributed by atoms with Crippen molar-refractivity contribution in [1.82, 2.24) is 14.3 Å². The lowest BCUT2D eigenvalue weighted by Crippen LogP contribution is -2.51. The van der Waals surface area contributed by atoms with Crippen molar-refractivity contribution in [2.75, 3.05) is 55.5 Å². The van der Waals surface area contributed by atoms with Gasteiger partial charge in [-0.15, -0.1) is 0 Å². The molecule has 1 amide bonds. The van der Waals surface area contributed by atoms with E-state index in [4.69, 9.17) is 28.3 Å². The van der Waals surface area contributed by atoms with Crippen LogP contribution in [-0.2, 0) is 23.8 Å². The van der Waals surface area contributed by atoms with Crippen LogP contribution in [0.1, 0.15) is 144 Å². The van der Waals surface area contributed by atoms with E-state index in [2.05, 4.69) is 27.1 Å². The fraction of sp³-hybridized carbons (Fsp3) is 0.507. The Labute approximate surface area is 537 Å². The third-order valence-electron chi connectivity index (χ3n) is 21.4. The fourth-order valence-electron chi connectivity index (χ4n) is 15.5. The lowest BCUT2D eigenvalue weighted by atomic mass is 9.78. The Bertz CT molecular complexity index is 4270. The molecule has 2 aromatic heterocycles. The maximum absolute atomic E-state index is 16.4. The number of aryl methyl sites for hydroxylation is 1. The molecule has 0 radical (unpaired) electrons. The van der Waals surface area contributed by atoms with Gasteiger partial charge in [-0.2, -0.15) is 0 Å². The Balaban J connectivity index is 0.860. The number of ether oxygens (including phenoxy) is 4. The molecule has 4 aromatic rings. The zero-order chi connectivity index (χ0) is 66.8. The number of aliphatic hydroxyl groups is 2. The summed E-state index contributed by atoms with van der Waals surface area (Å²) in [4.78, 5) is 95.0. The number of hydrogen-bond donors (Lipinski definition) is 5. The molecule has 4 bridgehead atoms. The van der Waals surface area contributed by atoms with E-state index in [9.17, 15) is 39.6 Å². The number of aromatic nitrogens is 2. The lowest BCUT2D eigenvalue weighted by molar-refractivity contribution is -0.160. The van der Waals surface area contributed by atoms with Gasteiger partial charge in [0.1, 0.15) is 40.3 Å². The van der Waals surface area contributed by atoms with Gasteiger partial charge in [0, 0.05) is 117 Å². The Morgan fingerprint density at radius 2 is 1.57 bits per heavy atom. The number of phenols is 2. The second kappa shape index (κ2) is 24.3. The topological polar surface area (TPSA) is 272 Å². The number of pyridine rings is 2. The molecule has 2 saturated heterocycles. The van der Waals surface area contributed by atoms with Crippen LogP contribution in [0.15, 0.2) is 74.5 Å². The molecule has 2 aromatic carbocycles. The smallest absolute Gasteiger partial charge is 0.312 e. The molecular formula is C71H83FN6O15. The maximum Gasteiger partial charge on any atom is 0.312 e. The van der Waals surface area contributed by atoms with Gasteiger partial charge in [0.25, 0.3) is 17.2 Å². The summed E-state index contributed by atoms with van der Waals surface area (Å²) >= 11 is 0. The number of hydrogen-bond acceptors (Lipinski definition) is 19. The molecule has 7 heterocycles. The standard InChI is InChI=1S/C71H83FN6O15/c1-33-14-13-15-34(2)68(87)74-57-63(85)53-52(54-65(39(7)62(53)84)93-70(10,67(54)86)90-27-21-50(89-12)35(3)64(91-41(9)80)38(6)61(83)37(5)60(33)82)56-66(57)92-51-29-45(28-49(81)55(51)73-56)76-25-19-44(20-26-76)75(11)71(22-23-71)43-18-24-77(31-43)59-36(4)58-47(42-16-17-42)30-46(40(8)79)69(88)78(58)32-48(59)72/h13-15,21,27-30,32-33,35,37-38,42-44,50,60-61,64,81-84H,16-20,22-26,31H2,1-12H3,(H,74,87)/b14-13+,27-21+,34-15-/t33-,35+,37+,38+,43+,50-,60-,61+,64+,70-/m0/s1. The number of anilines is 3. The minimum atomic E-state index is -2.13. The van der Waals surface area contributed by atoms with Crippen LogP contribution in [0.5, 0.6) is 17.2 Å². The highest BCUT2D eigenvalue weighted by molar-refractivity contribution is 6.22. The van der Waals surface area contributed by atoms with Crippen LogP contribution in [0.3, 0.4) is 0 Å². The number of allylic oxidation sites excluding steroid dienone is 2. The molecule has 0 spiro atoms. The number of fused-ring (bicyclic) bond motifs is 3. The first kappa shape index (κ1) is 64.9. The van der Waals surface area contributed by atoms with Crippen LogP contribution in [0, 0.1) is 49.3 Å². The summed E-state index contributed by atoms with van der Waals surface area (Å²) < 4.78 is 48.6. The van der Waals surface area contributed by atoms with Crippen molar-refractivity contribution in [2.24, 2.45) is 29.6 Å². The lowest BCUT2D eigenvalue weighted by Gasteiger charge is -2.43. The van der Waals surface area contributed by atoms with E-state index in [1.165, 1.54) is 70.7 Å². The minimum Gasteiger partial charge on any atom is -0.507 e. The van der Waals surface area contributed by atoms with Crippen molar-refractivity contribution >= 4 is 67.9 Å². The number of amides is 1. The number of carbonyl (C=O) groups excluding carboxylic acids is 4. The van der Waals surface area contributed by atoms with Crippen molar-refractivity contribution in [3.8, 4) is 28.7 Å². The molecule has 494 valence electrons. The number of methoxy groups -OCH3 is 1. The van der Waals surface area contributed by atoms with E-state index in [-0.39, 0.29) is 96.3 Å². The highest BCUT2D eigenvalue weighted by atomic mass is 19.1. The van der Waals surface area contributed by atoms with Crippen LogP contribution in [0.4, 0.5) is 21.5 Å². The van der Waals surface area contributed by atoms with E-state index in [0.29, 0.717) is 48.6 Å². The van der Waals surface area contributed by atoms with Gasteiger partial charge in [-0.3, -0.25) is 38.1 Å². The van der Waals surface area contributed by atoms with E-state index >= 15 is 14.0 Å². The number of phenolic OH excluding ortho intramolecular Hbond substituents is 2. The largest absolute Gasteiger partial charge is 0.507 e. The van der Waals surface area contributed by atoms with Gasteiger partial charge in [0.05, 0.1) is 58.5 Å². The number of piperidine rings is 1. The number of benzene rings is 3. The van der Waals surface area contributed by atoms with Crippen LogP contribution in [0.2, 0.25) is 0 Å². The van der Waals surface area contributed by atoms with Crippen molar-refractivity contribution in [1.29, 1.82) is 0 Å². The van der Waals surface area contributed by atoms with Crippen molar-refractivity contribution in [2.45, 2.75) is 162 Å². The first-order valence-electron chi connectivity index (χ1n) is 32.4. The third kappa shape index (κ3) is 11.1. The quantitative estimate of drug-likeness (QED) is 0.0390. The Morgan fingerprint density at radius 3 is 2.23 bits per heavy atom. The first-order chi connectivity index (χ1) is 44.1. The van der Waals surface area contributed by atoms with Crippen molar-refractivity contribution in [3.63, 3.8) is 0 Å². The monoisotopic (exact) mass is 1280 g/mol. The molecule has 12 rings (SSSR count). The molecule has 93 heavy (non-hydrogen) atoms. The van der Waals surface area contributed by atoms with Crippen LogP contribution in [0.25, 0.3) is 38.8 Å². The molecule has 22 heteroatoms. The molecular weight excluding hydrogens is 1200 g/mol. The molecule has 21 nitrogen and oxygen atoms in total. The average molecular weight is 1280 g/mol. The summed E-state index contributed by atoms with van der Waals surface area (Å²) in [5.41, 5.74) is 1.37. The van der Waals surface area contributed by atoms with Gasteiger partial charge in [-0.25, -0.2) is 9.37 Å². The number of rotatable bonds is 9. The Kier molecular flexibility index (Phi) is 17.0. The number of halogens is 1. The molecule has 2 saturated carbocycles. The Morgan fingerprint density at radius 1 is 0.871 bits per heavy atom. The second-order valence-electron chi connectivity index (χ2n) is 27.2. The Hall–Kier alpha value is -8.18. The number of Topliss-reactive ketones (excluding diaryl/α,β-unsaturated/α-hetero) is 2. The van der Waals surface area contributed by atoms with Crippen LogP contribution < -0.4 is 30.8 Å². The number of esters is 1. The molecule has 5 aliphatic heterocycles. The zero-order valence-electron chi connectivity index (χ0n) is 54.7. The van der Waals surface area contributed by atoms with Crippen molar-refractivity contribution < 1.29 is 67.4 Å². The number of carbonyl (C=O) groups is 4. The summed E-state index contributed by atoms with van der Waals surface area (Å²) in [7, 11) is 3.63. The molecule has 8 aliphatic rings. The summed E-state index contributed by atoms with van der Waals surface area (Å²) in [6.45, 7) is 18.3. The van der Waals surface area contributed by atoms with Crippen LogP contribution in [-0.4, -0.2) is 140 Å². The first-order valence-corrected chi connectivity index (χ1v) is 32.4. The van der Waals surface area contributed by atoms with Crippen LogP contribution >= 0.6 is 0 Å². The average Bonchev–Trinajstić information content (AvgIpc) is 1.67. The van der Waals surface area contributed by atoms with E-state index in [1.54, 1.807) is 58.0 Å². The maximum atomic E-state index is 16.4. The fourth-order valence-corrected chi connectivity index (χ4v) is 15.5. The molecule has 0 unspecified atom stereocenters. The molecule has 3 aliphatic carbocycles. The summed E-state index contributed by atoms with van der Waals surface area (Å²) in [6.07, 6.45) is 10.9. The molecule has 4 fully saturated rings. The van der Waals surface area contributed by atoms with Gasteiger partial charge < -0.3 is 58.9 Å². The van der Waals surface area contributed by atoms with Gasteiger partial charge in [0.2, 0.25) is 5.43 Å². The number of aromatic hydroxyl groups is 2. The zero-order valence-corrected chi connectivity index (χ0v) is 54.7. The second-order valence-corrected chi connectivity index (χ2v) is 27.2. The minimum absolute atomic E-state index is 0.00416. The summed E-state index contributed by atoms with van der Waals surface area (Å²) in [5.74, 6) is -8.53. The SMILES string of the molecule is CO[C@H]1/C=C/O[C@@]2(C)Oc3c(C)c(O)c4c(=O)c(c5oc6cc(N7CCC(N(C)C8([C@@H]9CCN(c%10c(F)cn%11c(=O)c(C(C)=O)cc(C%12CC%12)c%11c%10C)C9)CC8)CC7)cc(O)c6nc-5c4c3C2=O)NC(=O)/C(C)=C\C=C\[C@H](C)[C@H](O)[C@@H](C)[C@@H](O)[C@@H](C)[C@H](OC(C)=O)[C@@H]1C. The number of nitrogens with one attached hydrogen (secondary N) is 1. The predicted octanol–water partition coefficient (Wildman–Crippen LogP) is 9.75. The predicted molar refractivity (Wildman–Crippen MR) is 348 cm³/mol.